The fourth-order valence-electron chi connectivity index (χ4n) is 10.8. The van der Waals surface area contributed by atoms with Crippen molar-refractivity contribution in [1.29, 1.82) is 0 Å². The van der Waals surface area contributed by atoms with Gasteiger partial charge in [-0.05, 0) is 136 Å². The lowest BCUT2D eigenvalue weighted by Gasteiger charge is -2.62. The van der Waals surface area contributed by atoms with Crippen LogP contribution in [0.2, 0.25) is 0 Å². The van der Waals surface area contributed by atoms with Gasteiger partial charge in [-0.1, -0.05) is 39.0 Å². The van der Waals surface area contributed by atoms with Gasteiger partial charge in [0.2, 0.25) is 0 Å². The maximum absolute atomic E-state index is 12.9. The Morgan fingerprint density at radius 2 is 1.74 bits per heavy atom. The van der Waals surface area contributed by atoms with Crippen molar-refractivity contribution in [3.8, 4) is 0 Å². The van der Waals surface area contributed by atoms with E-state index in [9.17, 15) is 9.90 Å². The Bertz CT molecular complexity index is 1030. The van der Waals surface area contributed by atoms with Crippen molar-refractivity contribution in [2.45, 2.75) is 116 Å². The second-order valence-corrected chi connectivity index (χ2v) is 15.3. The molecule has 39 heavy (non-hydrogen) atoms. The van der Waals surface area contributed by atoms with Crippen LogP contribution in [0.3, 0.4) is 0 Å². The topological polar surface area (TPSA) is 55.8 Å². The molecule has 216 valence electrons. The Balaban J connectivity index is 1.12. The third-order valence-electron chi connectivity index (χ3n) is 13.2. The number of hydrogen-bond acceptors (Lipinski definition) is 4. The molecule has 1 N–H and O–H groups in total. The molecule has 1 saturated heterocycles. The maximum Gasteiger partial charge on any atom is 0.338 e. The number of hydrogen-bond donors (Lipinski definition) is 1. The highest BCUT2D eigenvalue weighted by Gasteiger charge is 2.61. The monoisotopic (exact) mass is 536 g/mol. The van der Waals surface area contributed by atoms with Crippen LogP contribution in [-0.2, 0) is 9.47 Å². The molecule has 1 aromatic carbocycles. The predicted octanol–water partition coefficient (Wildman–Crippen LogP) is 7.83. The normalized spacial score (nSPS) is 46.1. The molecule has 4 aliphatic carbocycles. The lowest BCUT2D eigenvalue weighted by molar-refractivity contribution is -0.148. The first kappa shape index (κ1) is 27.8. The zero-order valence-corrected chi connectivity index (χ0v) is 24.9. The van der Waals surface area contributed by atoms with E-state index in [2.05, 4.69) is 27.7 Å². The number of benzene rings is 1. The van der Waals surface area contributed by atoms with E-state index in [1.54, 1.807) is 0 Å². The van der Waals surface area contributed by atoms with Crippen LogP contribution in [0, 0.1) is 46.3 Å². The summed E-state index contributed by atoms with van der Waals surface area (Å²) in [5.41, 5.74) is 0.556. The van der Waals surface area contributed by atoms with Gasteiger partial charge < -0.3 is 14.6 Å². The Hall–Kier alpha value is -1.39. The van der Waals surface area contributed by atoms with Crippen molar-refractivity contribution in [3.63, 3.8) is 0 Å². The molecule has 4 heteroatoms. The van der Waals surface area contributed by atoms with Crippen LogP contribution in [0.5, 0.6) is 0 Å². The molecule has 4 nitrogen and oxygen atoms in total. The summed E-state index contributed by atoms with van der Waals surface area (Å²) in [7, 11) is 0. The number of ether oxygens (including phenoxy) is 2. The molecule has 0 bridgehead atoms. The molecule has 5 fully saturated rings. The van der Waals surface area contributed by atoms with Crippen molar-refractivity contribution in [3.05, 3.63) is 35.9 Å². The average molecular weight is 537 g/mol. The van der Waals surface area contributed by atoms with E-state index in [0.29, 0.717) is 41.4 Å². The van der Waals surface area contributed by atoms with Gasteiger partial charge in [0.1, 0.15) is 5.60 Å². The number of fused-ring (bicyclic) bond motifs is 5. The minimum atomic E-state index is -0.479. The van der Waals surface area contributed by atoms with E-state index in [1.807, 2.05) is 30.3 Å². The summed E-state index contributed by atoms with van der Waals surface area (Å²) in [6.07, 6.45) is 14.2. The highest BCUT2D eigenvalue weighted by Crippen LogP contribution is 2.69. The molecule has 6 rings (SSSR count). The van der Waals surface area contributed by atoms with Gasteiger partial charge in [0.25, 0.3) is 0 Å². The number of carbonyl (C=O) groups is 1. The fraction of sp³-hybridized carbons (Fsp3) is 0.800. The van der Waals surface area contributed by atoms with Gasteiger partial charge in [0.15, 0.2) is 0 Å². The van der Waals surface area contributed by atoms with E-state index in [0.717, 1.165) is 55.8 Å². The summed E-state index contributed by atoms with van der Waals surface area (Å²) in [5.74, 6) is 4.43. The minimum Gasteiger partial charge on any atom is -0.453 e. The van der Waals surface area contributed by atoms with Gasteiger partial charge >= 0.3 is 5.97 Å². The first-order valence-corrected chi connectivity index (χ1v) is 16.1. The Morgan fingerprint density at radius 1 is 0.974 bits per heavy atom. The van der Waals surface area contributed by atoms with Crippen LogP contribution < -0.4 is 0 Å². The molecule has 4 saturated carbocycles. The van der Waals surface area contributed by atoms with Crippen LogP contribution in [0.1, 0.15) is 115 Å². The Labute approximate surface area is 236 Å². The minimum absolute atomic E-state index is 0.215. The summed E-state index contributed by atoms with van der Waals surface area (Å²) in [4.78, 5) is 12.9. The lowest BCUT2D eigenvalue weighted by Crippen LogP contribution is -2.55. The van der Waals surface area contributed by atoms with Crippen molar-refractivity contribution >= 4 is 5.97 Å². The fourth-order valence-corrected chi connectivity index (χ4v) is 10.8. The molecule has 1 heterocycles. The van der Waals surface area contributed by atoms with Crippen LogP contribution in [0.4, 0.5) is 0 Å². The molecule has 0 unspecified atom stereocenters. The highest BCUT2D eigenvalue weighted by molar-refractivity contribution is 5.89. The predicted molar refractivity (Wildman–Crippen MR) is 154 cm³/mol. The highest BCUT2D eigenvalue weighted by atomic mass is 16.6. The molecule has 1 aromatic rings. The molecule has 0 radical (unpaired) electrons. The molecular formula is C35H52O4. The molecule has 1 aliphatic heterocycles. The SMILES string of the molecule is C[C@H](CC[C@@]1(OC(=O)c2ccccc2)CCOC1)[C@H]1CC[C@H]2[C@@H]3CC[C@H]4C[C@@](C)(O)CC[C@]4(C)[C@H]3CC[C@]12C. The summed E-state index contributed by atoms with van der Waals surface area (Å²) in [5, 5.41) is 10.8. The van der Waals surface area contributed by atoms with Gasteiger partial charge in [-0.3, -0.25) is 0 Å². The zero-order valence-electron chi connectivity index (χ0n) is 24.9. The van der Waals surface area contributed by atoms with E-state index in [-0.39, 0.29) is 5.97 Å². The zero-order chi connectivity index (χ0) is 27.5. The third kappa shape index (κ3) is 4.90. The Morgan fingerprint density at radius 3 is 2.49 bits per heavy atom. The molecule has 10 atom stereocenters. The van der Waals surface area contributed by atoms with E-state index in [1.165, 1.54) is 44.9 Å². The molecule has 0 spiro atoms. The first-order chi connectivity index (χ1) is 18.6. The second kappa shape index (κ2) is 10.2. The number of carbonyl (C=O) groups excluding carboxylic acids is 1. The second-order valence-electron chi connectivity index (χ2n) is 15.3. The number of esters is 1. The van der Waals surface area contributed by atoms with E-state index in [4.69, 9.17) is 9.47 Å². The van der Waals surface area contributed by atoms with E-state index >= 15 is 0 Å². The Kier molecular flexibility index (Phi) is 7.23. The molecule has 0 aromatic heterocycles. The van der Waals surface area contributed by atoms with Gasteiger partial charge in [0, 0.05) is 6.42 Å². The van der Waals surface area contributed by atoms with Crippen molar-refractivity contribution in [1.82, 2.24) is 0 Å². The molecule has 0 amide bonds. The molecule has 5 aliphatic rings. The summed E-state index contributed by atoms with van der Waals surface area (Å²) >= 11 is 0. The van der Waals surface area contributed by atoms with Gasteiger partial charge in [-0.25, -0.2) is 4.79 Å². The van der Waals surface area contributed by atoms with Crippen molar-refractivity contribution in [2.75, 3.05) is 13.2 Å². The van der Waals surface area contributed by atoms with Gasteiger partial charge in [-0.2, -0.15) is 0 Å². The number of rotatable bonds is 6. The van der Waals surface area contributed by atoms with Crippen LogP contribution in [0.15, 0.2) is 30.3 Å². The smallest absolute Gasteiger partial charge is 0.338 e. The lowest BCUT2D eigenvalue weighted by atomic mass is 9.43. The van der Waals surface area contributed by atoms with Crippen molar-refractivity contribution < 1.29 is 19.4 Å². The average Bonchev–Trinajstić information content (AvgIpc) is 3.52. The number of aliphatic hydroxyl groups is 1. The van der Waals surface area contributed by atoms with Crippen LogP contribution >= 0.6 is 0 Å². The third-order valence-corrected chi connectivity index (χ3v) is 13.2. The quantitative estimate of drug-likeness (QED) is 0.377. The standard InChI is InChI=1S/C35H52O4/c1-24(14-17-35(20-21-38-23-35)39-31(36)25-8-6-5-7-9-25)28-12-13-29-27-11-10-26-22-32(2,37)18-19-33(26,3)30(27)15-16-34(28,29)4/h5-9,24,26-30,37H,10-23H2,1-4H3/t24-,26+,27+,28-,29+,30+,32+,33+,34-,35-/m1/s1. The summed E-state index contributed by atoms with van der Waals surface area (Å²) < 4.78 is 12.0. The van der Waals surface area contributed by atoms with Crippen LogP contribution in [-0.4, -0.2) is 35.5 Å². The maximum atomic E-state index is 12.9. The van der Waals surface area contributed by atoms with Gasteiger partial charge in [-0.15, -0.1) is 0 Å². The van der Waals surface area contributed by atoms with Gasteiger partial charge in [0.05, 0.1) is 24.4 Å². The summed E-state index contributed by atoms with van der Waals surface area (Å²) in [6.45, 7) is 11.0. The van der Waals surface area contributed by atoms with Crippen molar-refractivity contribution in [2.24, 2.45) is 46.3 Å². The largest absolute Gasteiger partial charge is 0.453 e. The summed E-state index contributed by atoms with van der Waals surface area (Å²) in [6, 6.07) is 9.41. The van der Waals surface area contributed by atoms with E-state index < -0.39 is 11.2 Å². The first-order valence-electron chi connectivity index (χ1n) is 16.1. The van der Waals surface area contributed by atoms with Crippen LogP contribution in [0.25, 0.3) is 0 Å². The molecular weight excluding hydrogens is 484 g/mol.